The van der Waals surface area contributed by atoms with Crippen LogP contribution in [-0.2, 0) is 6.42 Å². The molecule has 1 saturated heterocycles. The van der Waals surface area contributed by atoms with Gasteiger partial charge in [0.1, 0.15) is 0 Å². The van der Waals surface area contributed by atoms with E-state index in [1.165, 1.54) is 18.7 Å². The van der Waals surface area contributed by atoms with Crippen molar-refractivity contribution in [2.75, 3.05) is 32.7 Å². The summed E-state index contributed by atoms with van der Waals surface area (Å²) in [6.07, 6.45) is 4.89. The summed E-state index contributed by atoms with van der Waals surface area (Å²) in [7, 11) is 0. The summed E-state index contributed by atoms with van der Waals surface area (Å²) >= 11 is 3.42. The molecule has 0 spiro atoms. The average molecular weight is 335 g/mol. The molecule has 1 fully saturated rings. The first-order chi connectivity index (χ1) is 9.81. The fourth-order valence-electron chi connectivity index (χ4n) is 2.48. The maximum Gasteiger partial charge on any atom is 0.0646 e. The van der Waals surface area contributed by atoms with Crippen LogP contribution < -0.4 is 5.32 Å². The fraction of sp³-hybridized carbons (Fsp3) is 0.400. The predicted molar refractivity (Wildman–Crippen MR) is 84.3 cm³/mol. The third-order valence-corrected chi connectivity index (χ3v) is 4.09. The summed E-state index contributed by atoms with van der Waals surface area (Å²) in [5.74, 6) is 0. The number of aromatic nitrogens is 2. The first-order valence-electron chi connectivity index (χ1n) is 7.04. The number of benzene rings is 1. The van der Waals surface area contributed by atoms with E-state index in [-0.39, 0.29) is 0 Å². The van der Waals surface area contributed by atoms with Gasteiger partial charge >= 0.3 is 0 Å². The van der Waals surface area contributed by atoms with Crippen molar-refractivity contribution in [2.24, 2.45) is 0 Å². The molecule has 0 atom stereocenters. The van der Waals surface area contributed by atoms with Crippen LogP contribution in [0.5, 0.6) is 0 Å². The molecule has 1 aromatic carbocycles. The van der Waals surface area contributed by atoms with E-state index >= 15 is 0 Å². The van der Waals surface area contributed by atoms with Gasteiger partial charge in [0.15, 0.2) is 0 Å². The molecule has 0 bridgehead atoms. The number of nitrogens with zero attached hydrogens (tertiary/aromatic N) is 3. The van der Waals surface area contributed by atoms with E-state index in [0.717, 1.165) is 36.2 Å². The van der Waals surface area contributed by atoms with Gasteiger partial charge in [-0.1, -0.05) is 12.1 Å². The Morgan fingerprint density at radius 2 is 1.90 bits per heavy atom. The zero-order valence-corrected chi connectivity index (χ0v) is 13.0. The second kappa shape index (κ2) is 6.52. The van der Waals surface area contributed by atoms with Crippen molar-refractivity contribution >= 4 is 15.9 Å². The number of halogens is 1. The molecule has 1 aliphatic rings. The van der Waals surface area contributed by atoms with Crippen molar-refractivity contribution in [2.45, 2.75) is 6.42 Å². The highest BCUT2D eigenvalue weighted by Crippen LogP contribution is 2.13. The van der Waals surface area contributed by atoms with Crippen molar-refractivity contribution in [1.82, 2.24) is 20.0 Å². The Morgan fingerprint density at radius 3 is 2.55 bits per heavy atom. The number of nitrogens with one attached hydrogen (secondary N) is 1. The van der Waals surface area contributed by atoms with Gasteiger partial charge in [-0.3, -0.25) is 0 Å². The predicted octanol–water partition coefficient (Wildman–Crippen LogP) is 2.08. The van der Waals surface area contributed by atoms with Gasteiger partial charge in [0, 0.05) is 38.9 Å². The van der Waals surface area contributed by atoms with E-state index in [1.54, 1.807) is 6.20 Å². The monoisotopic (exact) mass is 334 g/mol. The van der Waals surface area contributed by atoms with Gasteiger partial charge in [-0.2, -0.15) is 5.10 Å². The molecule has 0 amide bonds. The Balaban J connectivity index is 1.58. The Bertz CT molecular complexity index is 543. The van der Waals surface area contributed by atoms with E-state index in [2.05, 4.69) is 55.5 Å². The van der Waals surface area contributed by atoms with E-state index in [0.29, 0.717) is 0 Å². The first-order valence-corrected chi connectivity index (χ1v) is 7.83. The van der Waals surface area contributed by atoms with Gasteiger partial charge in [0.2, 0.25) is 0 Å². The second-order valence-corrected chi connectivity index (χ2v) is 6.03. The molecule has 2 aromatic rings. The highest BCUT2D eigenvalue weighted by atomic mass is 79.9. The summed E-state index contributed by atoms with van der Waals surface area (Å²) in [5, 5.41) is 7.68. The number of rotatable bonds is 4. The van der Waals surface area contributed by atoms with Crippen molar-refractivity contribution < 1.29 is 0 Å². The van der Waals surface area contributed by atoms with Crippen molar-refractivity contribution in [3.8, 4) is 5.69 Å². The Hall–Kier alpha value is -1.17. The van der Waals surface area contributed by atoms with E-state index in [4.69, 9.17) is 0 Å². The van der Waals surface area contributed by atoms with E-state index in [1.807, 2.05) is 10.9 Å². The third-order valence-electron chi connectivity index (χ3n) is 3.68. The summed E-state index contributed by atoms with van der Waals surface area (Å²) < 4.78 is 2.88. The molecule has 4 nitrogen and oxygen atoms in total. The maximum atomic E-state index is 4.29. The van der Waals surface area contributed by atoms with Crippen LogP contribution in [0.15, 0.2) is 41.1 Å². The zero-order chi connectivity index (χ0) is 13.8. The molecule has 1 aromatic heterocycles. The van der Waals surface area contributed by atoms with Crippen LogP contribution in [0.1, 0.15) is 5.56 Å². The number of hydrogen-bond donors (Lipinski definition) is 1. The van der Waals surface area contributed by atoms with Crippen LogP contribution >= 0.6 is 15.9 Å². The minimum atomic E-state index is 1.00. The van der Waals surface area contributed by atoms with Gasteiger partial charge in [0.25, 0.3) is 0 Å². The minimum absolute atomic E-state index is 1.00. The minimum Gasteiger partial charge on any atom is -0.314 e. The highest BCUT2D eigenvalue weighted by Gasteiger charge is 2.08. The lowest BCUT2D eigenvalue weighted by Gasteiger charge is -2.27. The van der Waals surface area contributed by atoms with Crippen molar-refractivity contribution in [1.29, 1.82) is 0 Å². The van der Waals surface area contributed by atoms with Crippen LogP contribution in [0.25, 0.3) is 5.69 Å². The smallest absolute Gasteiger partial charge is 0.0646 e. The zero-order valence-electron chi connectivity index (χ0n) is 11.4. The van der Waals surface area contributed by atoms with Crippen LogP contribution in [0.2, 0.25) is 0 Å². The molecule has 5 heteroatoms. The summed E-state index contributed by atoms with van der Waals surface area (Å²) in [6, 6.07) is 8.67. The molecule has 0 unspecified atom stereocenters. The Labute approximate surface area is 127 Å². The standard InChI is InChI=1S/C15H19BrN4/c16-14-11-18-20(12-14)15-3-1-13(2-4-15)5-8-19-9-6-17-7-10-19/h1-4,11-12,17H,5-10H2. The SMILES string of the molecule is Brc1cnn(-c2ccc(CCN3CCNCC3)cc2)c1. The highest BCUT2D eigenvalue weighted by molar-refractivity contribution is 9.10. The lowest BCUT2D eigenvalue weighted by atomic mass is 10.1. The van der Waals surface area contributed by atoms with Crippen molar-refractivity contribution in [3.05, 3.63) is 46.7 Å². The van der Waals surface area contributed by atoms with Gasteiger partial charge in [-0.25, -0.2) is 4.68 Å². The second-order valence-electron chi connectivity index (χ2n) is 5.11. The lowest BCUT2D eigenvalue weighted by Crippen LogP contribution is -2.44. The quantitative estimate of drug-likeness (QED) is 0.929. The van der Waals surface area contributed by atoms with Gasteiger partial charge in [0.05, 0.1) is 16.4 Å². The molecule has 0 aliphatic carbocycles. The van der Waals surface area contributed by atoms with Crippen LogP contribution in [0.3, 0.4) is 0 Å². The molecule has 0 saturated carbocycles. The largest absolute Gasteiger partial charge is 0.314 e. The van der Waals surface area contributed by atoms with Crippen LogP contribution in [0, 0.1) is 0 Å². The molecule has 1 aliphatic heterocycles. The molecular weight excluding hydrogens is 316 g/mol. The molecule has 3 rings (SSSR count). The molecule has 1 N–H and O–H groups in total. The summed E-state index contributed by atoms with van der Waals surface area (Å²) in [6.45, 7) is 5.72. The maximum absolute atomic E-state index is 4.29. The van der Waals surface area contributed by atoms with Gasteiger partial charge < -0.3 is 10.2 Å². The number of piperazine rings is 1. The molecule has 106 valence electrons. The third kappa shape index (κ3) is 3.48. The Morgan fingerprint density at radius 1 is 1.15 bits per heavy atom. The van der Waals surface area contributed by atoms with Crippen LogP contribution in [0.4, 0.5) is 0 Å². The Kier molecular flexibility index (Phi) is 4.50. The van der Waals surface area contributed by atoms with Crippen LogP contribution in [-0.4, -0.2) is 47.4 Å². The summed E-state index contributed by atoms with van der Waals surface area (Å²) in [5.41, 5.74) is 2.49. The molecule has 2 heterocycles. The number of hydrogen-bond acceptors (Lipinski definition) is 3. The summed E-state index contributed by atoms with van der Waals surface area (Å²) in [4.78, 5) is 2.52. The first kappa shape index (κ1) is 13.8. The van der Waals surface area contributed by atoms with Crippen molar-refractivity contribution in [3.63, 3.8) is 0 Å². The fourth-order valence-corrected chi connectivity index (χ4v) is 2.76. The lowest BCUT2D eigenvalue weighted by molar-refractivity contribution is 0.244. The van der Waals surface area contributed by atoms with Gasteiger partial charge in [-0.05, 0) is 40.0 Å². The molecule has 0 radical (unpaired) electrons. The van der Waals surface area contributed by atoms with E-state index in [9.17, 15) is 0 Å². The topological polar surface area (TPSA) is 33.1 Å². The molecule has 20 heavy (non-hydrogen) atoms. The van der Waals surface area contributed by atoms with Gasteiger partial charge in [-0.15, -0.1) is 0 Å². The normalized spacial score (nSPS) is 16.4. The average Bonchev–Trinajstić information content (AvgIpc) is 2.93. The van der Waals surface area contributed by atoms with E-state index < -0.39 is 0 Å². The molecular formula is C15H19BrN4.